The van der Waals surface area contributed by atoms with Crippen LogP contribution in [0.3, 0.4) is 0 Å². The van der Waals surface area contributed by atoms with Crippen LogP contribution in [-0.4, -0.2) is 42.3 Å². The van der Waals surface area contributed by atoms with E-state index in [2.05, 4.69) is 4.90 Å². The van der Waals surface area contributed by atoms with Crippen molar-refractivity contribution in [3.63, 3.8) is 0 Å². The molecule has 0 saturated heterocycles. The van der Waals surface area contributed by atoms with E-state index in [0.29, 0.717) is 12.0 Å². The predicted molar refractivity (Wildman–Crippen MR) is 57.0 cm³/mol. The molecule has 2 saturated carbocycles. The normalized spacial score (nSPS) is 24.2. The van der Waals surface area contributed by atoms with Gasteiger partial charge in [-0.15, -0.1) is 0 Å². The van der Waals surface area contributed by atoms with Crippen molar-refractivity contribution >= 4 is 0 Å². The summed E-state index contributed by atoms with van der Waals surface area (Å²) in [6.07, 6.45) is 6.52. The number of nitrogens with two attached hydrogens (primary N) is 1. The lowest BCUT2D eigenvalue weighted by molar-refractivity contribution is 0.158. The second kappa shape index (κ2) is 4.17. The fourth-order valence-corrected chi connectivity index (χ4v) is 2.36. The molecule has 2 fully saturated rings. The van der Waals surface area contributed by atoms with Crippen molar-refractivity contribution in [2.45, 2.75) is 38.1 Å². The van der Waals surface area contributed by atoms with E-state index >= 15 is 0 Å². The Kier molecular flexibility index (Phi) is 3.10. The van der Waals surface area contributed by atoms with Crippen molar-refractivity contribution in [3.05, 3.63) is 0 Å². The van der Waals surface area contributed by atoms with Gasteiger partial charge in [-0.1, -0.05) is 0 Å². The first-order valence-corrected chi connectivity index (χ1v) is 5.85. The molecule has 0 radical (unpaired) electrons. The number of aliphatic hydroxyl groups excluding tert-OH is 1. The molecule has 0 aromatic heterocycles. The smallest absolute Gasteiger partial charge is 0.0558 e. The van der Waals surface area contributed by atoms with E-state index < -0.39 is 0 Å². The number of hydrogen-bond acceptors (Lipinski definition) is 3. The third-order valence-electron chi connectivity index (χ3n) is 3.62. The van der Waals surface area contributed by atoms with E-state index in [4.69, 9.17) is 10.8 Å². The molecule has 82 valence electrons. The molecule has 0 atom stereocenters. The standard InChI is InChI=1S/C11H22N2O/c12-6-5-11(3-4-11)9-13(7-8-14)10-1-2-10/h10,14H,1-9,12H2. The summed E-state index contributed by atoms with van der Waals surface area (Å²) in [4.78, 5) is 2.47. The molecule has 2 rings (SSSR count). The van der Waals surface area contributed by atoms with Crippen molar-refractivity contribution < 1.29 is 5.11 Å². The van der Waals surface area contributed by atoms with Crippen molar-refractivity contribution in [3.8, 4) is 0 Å². The number of aliphatic hydroxyl groups is 1. The summed E-state index contributed by atoms with van der Waals surface area (Å²) in [5, 5.41) is 8.99. The van der Waals surface area contributed by atoms with E-state index in [0.717, 1.165) is 19.1 Å². The van der Waals surface area contributed by atoms with Gasteiger partial charge in [-0.05, 0) is 44.1 Å². The van der Waals surface area contributed by atoms with E-state index in [9.17, 15) is 0 Å². The zero-order valence-electron chi connectivity index (χ0n) is 8.91. The van der Waals surface area contributed by atoms with Crippen molar-refractivity contribution in [1.29, 1.82) is 0 Å². The van der Waals surface area contributed by atoms with Crippen LogP contribution in [0.25, 0.3) is 0 Å². The topological polar surface area (TPSA) is 49.5 Å². The summed E-state index contributed by atoms with van der Waals surface area (Å²) in [6, 6.07) is 0.775. The molecule has 0 bridgehead atoms. The number of nitrogens with zero attached hydrogens (tertiary/aromatic N) is 1. The van der Waals surface area contributed by atoms with Gasteiger partial charge in [0.15, 0.2) is 0 Å². The zero-order chi connectivity index (χ0) is 10.0. The summed E-state index contributed by atoms with van der Waals surface area (Å²) in [5.41, 5.74) is 6.16. The van der Waals surface area contributed by atoms with E-state index in [1.165, 1.54) is 38.6 Å². The van der Waals surface area contributed by atoms with E-state index in [1.807, 2.05) is 0 Å². The molecule has 3 N–H and O–H groups in total. The maximum atomic E-state index is 8.99. The Morgan fingerprint density at radius 1 is 1.36 bits per heavy atom. The predicted octanol–water partition coefficient (Wildman–Crippen LogP) is 0.572. The highest BCUT2D eigenvalue weighted by Gasteiger charge is 2.44. The van der Waals surface area contributed by atoms with Crippen LogP contribution < -0.4 is 5.73 Å². The lowest BCUT2D eigenvalue weighted by Gasteiger charge is -2.26. The zero-order valence-corrected chi connectivity index (χ0v) is 8.91. The maximum Gasteiger partial charge on any atom is 0.0558 e. The van der Waals surface area contributed by atoms with Gasteiger partial charge in [-0.2, -0.15) is 0 Å². The molecule has 3 nitrogen and oxygen atoms in total. The molecule has 2 aliphatic rings. The van der Waals surface area contributed by atoms with Crippen LogP contribution in [0.2, 0.25) is 0 Å². The molecule has 2 aliphatic carbocycles. The molecule has 0 unspecified atom stereocenters. The van der Waals surface area contributed by atoms with Gasteiger partial charge in [0.25, 0.3) is 0 Å². The first-order chi connectivity index (χ1) is 6.79. The summed E-state index contributed by atoms with van der Waals surface area (Å²) in [7, 11) is 0. The first kappa shape index (κ1) is 10.4. The summed E-state index contributed by atoms with van der Waals surface area (Å²) in [6.45, 7) is 3.15. The minimum atomic E-state index is 0.301. The van der Waals surface area contributed by atoms with Gasteiger partial charge in [0.05, 0.1) is 6.61 Å². The molecule has 0 aliphatic heterocycles. The van der Waals surface area contributed by atoms with Gasteiger partial charge in [0, 0.05) is 19.1 Å². The molecule has 3 heteroatoms. The third kappa shape index (κ3) is 2.47. The van der Waals surface area contributed by atoms with Gasteiger partial charge in [-0.25, -0.2) is 0 Å². The van der Waals surface area contributed by atoms with Crippen molar-refractivity contribution in [2.24, 2.45) is 11.1 Å². The number of rotatable bonds is 7. The second-order valence-electron chi connectivity index (χ2n) is 4.96. The van der Waals surface area contributed by atoms with Crippen LogP contribution in [0.15, 0.2) is 0 Å². The van der Waals surface area contributed by atoms with Crippen LogP contribution in [-0.2, 0) is 0 Å². The van der Waals surface area contributed by atoms with Gasteiger partial charge in [0.1, 0.15) is 0 Å². The number of hydrogen-bond donors (Lipinski definition) is 2. The minimum absolute atomic E-state index is 0.301. The quantitative estimate of drug-likeness (QED) is 0.629. The maximum absolute atomic E-state index is 8.99. The Labute approximate surface area is 86.3 Å². The fourth-order valence-electron chi connectivity index (χ4n) is 2.36. The first-order valence-electron chi connectivity index (χ1n) is 5.85. The highest BCUT2D eigenvalue weighted by atomic mass is 16.3. The molecule has 0 aromatic carbocycles. The molecular formula is C11H22N2O. The van der Waals surface area contributed by atoms with Crippen LogP contribution in [0.5, 0.6) is 0 Å². The van der Waals surface area contributed by atoms with Gasteiger partial charge in [0.2, 0.25) is 0 Å². The molecule has 0 aromatic rings. The van der Waals surface area contributed by atoms with Crippen LogP contribution in [0, 0.1) is 5.41 Å². The summed E-state index contributed by atoms with van der Waals surface area (Å²) in [5.74, 6) is 0. The SMILES string of the molecule is NCCC1(CN(CCO)C2CC2)CC1. The average molecular weight is 198 g/mol. The van der Waals surface area contributed by atoms with Crippen molar-refractivity contribution in [2.75, 3.05) is 26.2 Å². The highest BCUT2D eigenvalue weighted by molar-refractivity contribution is 4.98. The summed E-state index contributed by atoms with van der Waals surface area (Å²) >= 11 is 0. The van der Waals surface area contributed by atoms with Gasteiger partial charge in [-0.3, -0.25) is 4.90 Å². The van der Waals surface area contributed by atoms with Crippen LogP contribution in [0.4, 0.5) is 0 Å². The largest absolute Gasteiger partial charge is 0.395 e. The summed E-state index contributed by atoms with van der Waals surface area (Å²) < 4.78 is 0. The molecule has 0 spiro atoms. The highest BCUT2D eigenvalue weighted by Crippen LogP contribution is 2.50. The van der Waals surface area contributed by atoms with Crippen LogP contribution >= 0.6 is 0 Å². The Morgan fingerprint density at radius 3 is 2.50 bits per heavy atom. The molecule has 0 heterocycles. The van der Waals surface area contributed by atoms with Crippen molar-refractivity contribution in [1.82, 2.24) is 4.90 Å². The average Bonchev–Trinajstić information content (AvgIpc) is 2.98. The Balaban J connectivity index is 1.80. The molecule has 14 heavy (non-hydrogen) atoms. The monoisotopic (exact) mass is 198 g/mol. The Hall–Kier alpha value is -0.120. The van der Waals surface area contributed by atoms with Crippen LogP contribution in [0.1, 0.15) is 32.1 Å². The van der Waals surface area contributed by atoms with Gasteiger partial charge >= 0.3 is 0 Å². The Bertz CT molecular complexity index is 188. The van der Waals surface area contributed by atoms with E-state index in [-0.39, 0.29) is 0 Å². The van der Waals surface area contributed by atoms with Gasteiger partial charge < -0.3 is 10.8 Å². The lowest BCUT2D eigenvalue weighted by atomic mass is 10.0. The lowest BCUT2D eigenvalue weighted by Crippen LogP contribution is -2.35. The minimum Gasteiger partial charge on any atom is -0.395 e. The fraction of sp³-hybridized carbons (Fsp3) is 1.00. The second-order valence-corrected chi connectivity index (χ2v) is 4.96. The van der Waals surface area contributed by atoms with E-state index in [1.54, 1.807) is 0 Å². The molecular weight excluding hydrogens is 176 g/mol. The third-order valence-corrected chi connectivity index (χ3v) is 3.62. The Morgan fingerprint density at radius 2 is 2.07 bits per heavy atom. The molecule has 0 amide bonds.